The highest BCUT2D eigenvalue weighted by Gasteiger charge is 2.20. The fourth-order valence-electron chi connectivity index (χ4n) is 2.24. The number of carbonyl (C=O) groups excluding carboxylic acids is 2. The zero-order valence-electron chi connectivity index (χ0n) is 15.8. The zero-order chi connectivity index (χ0) is 20.9. The van der Waals surface area contributed by atoms with Crippen LogP contribution in [-0.2, 0) is 4.79 Å². The molecule has 2 amide bonds. The zero-order valence-corrected chi connectivity index (χ0v) is 16.6. The highest BCUT2D eigenvalue weighted by Crippen LogP contribution is 2.22. The summed E-state index contributed by atoms with van der Waals surface area (Å²) in [5, 5.41) is 8.23. The van der Waals surface area contributed by atoms with Gasteiger partial charge in [-0.3, -0.25) is 9.59 Å². The van der Waals surface area contributed by atoms with E-state index in [1.54, 1.807) is 12.1 Å². The second-order valence-corrected chi connectivity index (χ2v) is 7.32. The first-order valence-corrected chi connectivity index (χ1v) is 9.10. The highest BCUT2D eigenvalue weighted by molar-refractivity contribution is 6.34. The number of halogens is 3. The second kappa shape index (κ2) is 9.01. The van der Waals surface area contributed by atoms with Crippen molar-refractivity contribution in [2.75, 3.05) is 17.2 Å². The minimum absolute atomic E-state index is 0.194. The van der Waals surface area contributed by atoms with E-state index < -0.39 is 17.5 Å². The number of benzene rings is 2. The van der Waals surface area contributed by atoms with Crippen LogP contribution in [0.25, 0.3) is 0 Å². The molecule has 0 spiro atoms. The van der Waals surface area contributed by atoms with Crippen LogP contribution in [0.3, 0.4) is 0 Å². The van der Waals surface area contributed by atoms with E-state index in [4.69, 9.17) is 11.6 Å². The van der Waals surface area contributed by atoms with Crippen molar-refractivity contribution >= 4 is 34.8 Å². The molecule has 0 saturated carbocycles. The van der Waals surface area contributed by atoms with Crippen LogP contribution < -0.4 is 16.0 Å². The molecule has 0 bridgehead atoms. The molecule has 0 fully saturated rings. The lowest BCUT2D eigenvalue weighted by Gasteiger charge is -2.24. The highest BCUT2D eigenvalue weighted by atomic mass is 35.5. The Kier molecular flexibility index (Phi) is 6.96. The number of nitrogens with one attached hydrogen (secondary N) is 3. The van der Waals surface area contributed by atoms with Gasteiger partial charge >= 0.3 is 0 Å². The third kappa shape index (κ3) is 5.92. The summed E-state index contributed by atoms with van der Waals surface area (Å²) in [6, 6.07) is 7.47. The summed E-state index contributed by atoms with van der Waals surface area (Å²) in [6.07, 6.45) is 0.761. The van der Waals surface area contributed by atoms with Crippen LogP contribution in [0.2, 0.25) is 5.02 Å². The molecule has 0 aromatic heterocycles. The Labute approximate surface area is 167 Å². The molecule has 0 atom stereocenters. The van der Waals surface area contributed by atoms with E-state index >= 15 is 0 Å². The smallest absolute Gasteiger partial charge is 0.253 e. The van der Waals surface area contributed by atoms with Gasteiger partial charge in [-0.15, -0.1) is 0 Å². The number of hydrogen-bond donors (Lipinski definition) is 3. The molecule has 0 unspecified atom stereocenters. The maximum absolute atomic E-state index is 13.6. The molecule has 0 aliphatic carbocycles. The SMILES string of the molecule is CCC(C)(C)NC(=O)c1ccc(NCC(=O)Nc2cc(F)ccc2F)cc1Cl. The number of amides is 2. The molecule has 2 aromatic carbocycles. The van der Waals surface area contributed by atoms with E-state index in [1.165, 1.54) is 6.07 Å². The van der Waals surface area contributed by atoms with Crippen molar-refractivity contribution in [1.82, 2.24) is 5.32 Å². The van der Waals surface area contributed by atoms with Crippen LogP contribution in [0, 0.1) is 11.6 Å². The van der Waals surface area contributed by atoms with Crippen LogP contribution in [0.4, 0.5) is 20.2 Å². The summed E-state index contributed by atoms with van der Waals surface area (Å²) in [6.45, 7) is 5.60. The van der Waals surface area contributed by atoms with Gasteiger partial charge in [-0.2, -0.15) is 0 Å². The van der Waals surface area contributed by atoms with E-state index in [9.17, 15) is 18.4 Å². The molecule has 3 N–H and O–H groups in total. The molecule has 0 radical (unpaired) electrons. The Morgan fingerprint density at radius 1 is 1.11 bits per heavy atom. The molecule has 2 aromatic rings. The minimum Gasteiger partial charge on any atom is -0.376 e. The van der Waals surface area contributed by atoms with Crippen LogP contribution in [0.5, 0.6) is 0 Å². The number of anilines is 2. The maximum atomic E-state index is 13.6. The summed E-state index contributed by atoms with van der Waals surface area (Å²) < 4.78 is 26.7. The van der Waals surface area contributed by atoms with Crippen LogP contribution in [-0.4, -0.2) is 23.9 Å². The molecule has 150 valence electrons. The van der Waals surface area contributed by atoms with Gasteiger partial charge in [0.15, 0.2) is 0 Å². The molecule has 28 heavy (non-hydrogen) atoms. The van der Waals surface area contributed by atoms with Gasteiger partial charge < -0.3 is 16.0 Å². The predicted octanol–water partition coefficient (Wildman–Crippen LogP) is 4.59. The van der Waals surface area contributed by atoms with Crippen molar-refractivity contribution in [2.45, 2.75) is 32.7 Å². The summed E-state index contributed by atoms with van der Waals surface area (Å²) in [7, 11) is 0. The van der Waals surface area contributed by atoms with Crippen molar-refractivity contribution in [2.24, 2.45) is 0 Å². The number of carbonyl (C=O) groups is 2. The minimum atomic E-state index is -0.733. The summed E-state index contributed by atoms with van der Waals surface area (Å²) in [5.41, 5.74) is 0.225. The molecule has 0 saturated heterocycles. The molecule has 0 heterocycles. The maximum Gasteiger partial charge on any atom is 0.253 e. The average Bonchev–Trinajstić information content (AvgIpc) is 2.62. The number of hydrogen-bond acceptors (Lipinski definition) is 3. The molecule has 0 aliphatic heterocycles. The first kappa shape index (κ1) is 21.6. The van der Waals surface area contributed by atoms with Gasteiger partial charge in [0.1, 0.15) is 11.6 Å². The monoisotopic (exact) mass is 409 g/mol. The van der Waals surface area contributed by atoms with Gasteiger partial charge in [-0.1, -0.05) is 18.5 Å². The molecule has 2 rings (SSSR count). The molecule has 0 aliphatic rings. The predicted molar refractivity (Wildman–Crippen MR) is 107 cm³/mol. The Bertz CT molecular complexity index is 888. The van der Waals surface area contributed by atoms with Gasteiger partial charge in [-0.05, 0) is 50.6 Å². The lowest BCUT2D eigenvalue weighted by atomic mass is 10.0. The number of rotatable bonds is 7. The van der Waals surface area contributed by atoms with Crippen LogP contribution in [0.15, 0.2) is 36.4 Å². The van der Waals surface area contributed by atoms with E-state index in [1.807, 2.05) is 20.8 Å². The Morgan fingerprint density at radius 2 is 1.82 bits per heavy atom. The first-order valence-electron chi connectivity index (χ1n) is 8.72. The summed E-state index contributed by atoms with van der Waals surface area (Å²) >= 11 is 6.19. The van der Waals surface area contributed by atoms with Crippen LogP contribution in [0.1, 0.15) is 37.6 Å². The van der Waals surface area contributed by atoms with Crippen molar-refractivity contribution in [1.29, 1.82) is 0 Å². The molecule has 5 nitrogen and oxygen atoms in total. The van der Waals surface area contributed by atoms with Crippen LogP contribution >= 0.6 is 11.6 Å². The van der Waals surface area contributed by atoms with E-state index in [2.05, 4.69) is 16.0 Å². The van der Waals surface area contributed by atoms with E-state index in [0.717, 1.165) is 24.6 Å². The average molecular weight is 410 g/mol. The normalized spacial score (nSPS) is 11.1. The fourth-order valence-corrected chi connectivity index (χ4v) is 2.51. The third-order valence-electron chi connectivity index (χ3n) is 4.21. The lowest BCUT2D eigenvalue weighted by Crippen LogP contribution is -2.42. The molecular formula is C20H22ClF2N3O2. The van der Waals surface area contributed by atoms with E-state index in [0.29, 0.717) is 11.3 Å². The third-order valence-corrected chi connectivity index (χ3v) is 4.52. The quantitative estimate of drug-likeness (QED) is 0.626. The van der Waals surface area contributed by atoms with Gasteiger partial charge in [0, 0.05) is 17.3 Å². The summed E-state index contributed by atoms with van der Waals surface area (Å²) in [4.78, 5) is 24.3. The lowest BCUT2D eigenvalue weighted by molar-refractivity contribution is -0.114. The van der Waals surface area contributed by atoms with Crippen molar-refractivity contribution in [3.63, 3.8) is 0 Å². The molecular weight excluding hydrogens is 388 g/mol. The van der Waals surface area contributed by atoms with Gasteiger partial charge in [-0.25, -0.2) is 8.78 Å². The summed E-state index contributed by atoms with van der Waals surface area (Å²) in [5.74, 6) is -2.24. The van der Waals surface area contributed by atoms with Crippen molar-refractivity contribution in [3.8, 4) is 0 Å². The second-order valence-electron chi connectivity index (χ2n) is 6.91. The Hall–Kier alpha value is -2.67. The van der Waals surface area contributed by atoms with E-state index in [-0.39, 0.29) is 28.7 Å². The van der Waals surface area contributed by atoms with Crippen molar-refractivity contribution < 1.29 is 18.4 Å². The Morgan fingerprint density at radius 3 is 2.46 bits per heavy atom. The van der Waals surface area contributed by atoms with Crippen molar-refractivity contribution in [3.05, 3.63) is 58.6 Å². The Balaban J connectivity index is 1.98. The standard InChI is InChI=1S/C20H22ClF2N3O2/c1-4-20(2,3)26-19(28)14-7-6-13(10-15(14)21)24-11-18(27)25-17-9-12(22)5-8-16(17)23/h5-10,24H,4,11H2,1-3H3,(H,25,27)(H,26,28). The largest absolute Gasteiger partial charge is 0.376 e. The van der Waals surface area contributed by atoms with Gasteiger partial charge in [0.25, 0.3) is 5.91 Å². The van der Waals surface area contributed by atoms with Gasteiger partial charge in [0.2, 0.25) is 5.91 Å². The topological polar surface area (TPSA) is 70.2 Å². The molecule has 8 heteroatoms. The first-order chi connectivity index (χ1) is 13.1. The van der Waals surface area contributed by atoms with Gasteiger partial charge in [0.05, 0.1) is 22.8 Å². The fraction of sp³-hybridized carbons (Fsp3) is 0.300.